The highest BCUT2D eigenvalue weighted by atomic mass is 31.2. The third-order valence-electron chi connectivity index (χ3n) is 8.23. The maximum atomic E-state index is 12.9. The van der Waals surface area contributed by atoms with Crippen molar-refractivity contribution in [3.8, 4) is 17.2 Å². The summed E-state index contributed by atoms with van der Waals surface area (Å²) >= 11 is 0. The molecule has 3 rings (SSSR count). The van der Waals surface area contributed by atoms with E-state index in [0.29, 0.717) is 17.2 Å². The first-order chi connectivity index (χ1) is 29.2. The molecule has 3 aromatic rings. The molecule has 0 aromatic heterocycles. The Hall–Kier alpha value is -3.96. The molecule has 6 atom stereocenters. The van der Waals surface area contributed by atoms with E-state index < -0.39 is 58.6 Å². The topological polar surface area (TPSA) is 194 Å². The van der Waals surface area contributed by atoms with Gasteiger partial charge in [0.05, 0.1) is 35.3 Å². The van der Waals surface area contributed by atoms with Gasteiger partial charge in [-0.25, -0.2) is 15.3 Å². The first-order valence-corrected chi connectivity index (χ1v) is 26.3. The molecule has 0 saturated heterocycles. The SMILES string of the molecule is CC(C)OC(=O)[C@H](C)N[P@@](=O)(Oc1ccccc1)C(C)C.CC(C)OC(=O)[C@H](C)N[P@](=O)(Oc1ccccc1)C(C)C.CC(C)OC(=O)[C@H](C)N[P@](=O)(Oc1ccccc1)C(C)C. The zero-order valence-electron chi connectivity index (χ0n) is 39.6. The second-order valence-corrected chi connectivity index (χ2v) is 24.3. The second kappa shape index (κ2) is 27.4. The lowest BCUT2D eigenvalue weighted by molar-refractivity contribution is -0.149. The molecule has 0 fully saturated rings. The summed E-state index contributed by atoms with van der Waals surface area (Å²) in [4.78, 5) is 35.5. The fourth-order valence-electron chi connectivity index (χ4n) is 4.73. The Balaban J connectivity index is 0.000000472. The predicted octanol–water partition coefficient (Wildman–Crippen LogP) is 10.8. The number of para-hydroxylation sites is 3. The van der Waals surface area contributed by atoms with Gasteiger partial charge in [0.2, 0.25) is 0 Å². The van der Waals surface area contributed by atoms with Crippen molar-refractivity contribution in [3.05, 3.63) is 91.0 Å². The van der Waals surface area contributed by atoms with Crippen molar-refractivity contribution in [2.24, 2.45) is 0 Å². The maximum Gasteiger partial charge on any atom is 0.323 e. The van der Waals surface area contributed by atoms with Gasteiger partial charge >= 0.3 is 40.5 Å². The highest BCUT2D eigenvalue weighted by Gasteiger charge is 2.36. The van der Waals surface area contributed by atoms with Gasteiger partial charge in [-0.3, -0.25) is 28.1 Å². The van der Waals surface area contributed by atoms with Gasteiger partial charge in [0.1, 0.15) is 35.4 Å². The first kappa shape index (κ1) is 57.1. The van der Waals surface area contributed by atoms with E-state index in [9.17, 15) is 28.1 Å². The normalized spacial score (nSPS) is 15.6. The molecule has 3 aromatic carbocycles. The second-order valence-electron chi connectivity index (χ2n) is 16.3. The van der Waals surface area contributed by atoms with Crippen LogP contribution in [-0.2, 0) is 42.3 Å². The van der Waals surface area contributed by atoms with Crippen LogP contribution in [0.15, 0.2) is 91.0 Å². The molecular weight excluding hydrogens is 867 g/mol. The lowest BCUT2D eigenvalue weighted by Crippen LogP contribution is -2.37. The molecule has 0 bridgehead atoms. The molecule has 0 aliphatic rings. The van der Waals surface area contributed by atoms with Crippen molar-refractivity contribution in [1.29, 1.82) is 0 Å². The van der Waals surface area contributed by atoms with Crippen LogP contribution in [0.2, 0.25) is 0 Å². The van der Waals surface area contributed by atoms with Crippen molar-refractivity contribution in [2.75, 3.05) is 0 Å². The number of nitrogens with one attached hydrogen (secondary N) is 3. The number of carbonyl (C=O) groups is 3. The largest absolute Gasteiger partial charge is 0.462 e. The minimum Gasteiger partial charge on any atom is -0.462 e. The van der Waals surface area contributed by atoms with Gasteiger partial charge in [-0.15, -0.1) is 0 Å². The van der Waals surface area contributed by atoms with E-state index in [-0.39, 0.29) is 35.3 Å². The van der Waals surface area contributed by atoms with Crippen LogP contribution in [0.3, 0.4) is 0 Å². The molecule has 0 spiro atoms. The number of carbonyl (C=O) groups excluding carboxylic acids is 3. The van der Waals surface area contributed by atoms with Crippen molar-refractivity contribution in [2.45, 2.75) is 157 Å². The number of hydrogen-bond acceptors (Lipinski definition) is 12. The predicted molar refractivity (Wildman–Crippen MR) is 251 cm³/mol. The Morgan fingerprint density at radius 3 is 0.714 bits per heavy atom. The van der Waals surface area contributed by atoms with Gasteiger partial charge < -0.3 is 27.8 Å². The average molecular weight is 940 g/mol. The molecule has 18 heteroatoms. The summed E-state index contributed by atoms with van der Waals surface area (Å²) in [5.74, 6) is 0.192. The van der Waals surface area contributed by atoms with Gasteiger partial charge in [-0.05, 0) is 98.7 Å². The van der Waals surface area contributed by atoms with E-state index in [1.165, 1.54) is 0 Å². The summed E-state index contributed by atoms with van der Waals surface area (Å²) in [6.45, 7) is 26.2. The van der Waals surface area contributed by atoms with Crippen molar-refractivity contribution in [1.82, 2.24) is 15.3 Å². The molecule has 0 aliphatic carbocycles. The monoisotopic (exact) mass is 939 g/mol. The molecule has 0 heterocycles. The van der Waals surface area contributed by atoms with Crippen molar-refractivity contribution < 1.29 is 55.9 Å². The van der Waals surface area contributed by atoms with E-state index in [2.05, 4.69) is 15.3 Å². The lowest BCUT2D eigenvalue weighted by Gasteiger charge is -2.26. The summed E-state index contributed by atoms with van der Waals surface area (Å²) in [5, 5.41) is 8.42. The van der Waals surface area contributed by atoms with E-state index in [0.717, 1.165) is 0 Å². The minimum absolute atomic E-state index is 0.213. The van der Waals surface area contributed by atoms with Crippen LogP contribution in [0.5, 0.6) is 17.2 Å². The quantitative estimate of drug-likeness (QED) is 0.0518. The minimum atomic E-state index is -3.22. The van der Waals surface area contributed by atoms with Crippen LogP contribution in [0.4, 0.5) is 0 Å². The van der Waals surface area contributed by atoms with Crippen molar-refractivity contribution >= 4 is 40.5 Å². The van der Waals surface area contributed by atoms with Crippen LogP contribution in [0, 0.1) is 0 Å². The third kappa shape index (κ3) is 21.5. The van der Waals surface area contributed by atoms with E-state index in [4.69, 9.17) is 27.8 Å². The smallest absolute Gasteiger partial charge is 0.323 e. The zero-order valence-corrected chi connectivity index (χ0v) is 42.3. The number of rotatable bonds is 21. The summed E-state index contributed by atoms with van der Waals surface area (Å²) in [5.41, 5.74) is -0.814. The van der Waals surface area contributed by atoms with Gasteiger partial charge in [-0.1, -0.05) is 96.1 Å². The Morgan fingerprint density at radius 2 is 0.556 bits per heavy atom. The molecule has 0 radical (unpaired) electrons. The first-order valence-electron chi connectivity index (χ1n) is 21.2. The highest BCUT2D eigenvalue weighted by Crippen LogP contribution is 2.50. The number of benzene rings is 3. The van der Waals surface area contributed by atoms with Gasteiger partial charge in [0, 0.05) is 0 Å². The summed E-state index contributed by atoms with van der Waals surface area (Å²) in [6, 6.07) is 24.6. The highest BCUT2D eigenvalue weighted by molar-refractivity contribution is 7.58. The van der Waals surface area contributed by atoms with Crippen LogP contribution >= 0.6 is 22.6 Å². The van der Waals surface area contributed by atoms with Crippen molar-refractivity contribution in [3.63, 3.8) is 0 Å². The Bertz CT molecular complexity index is 1730. The average Bonchev–Trinajstić information content (AvgIpc) is 3.18. The van der Waals surface area contributed by atoms with E-state index >= 15 is 0 Å². The number of hydrogen-bond donors (Lipinski definition) is 3. The molecular formula is C45H72N3O12P3. The van der Waals surface area contributed by atoms with E-state index in [1.54, 1.807) is 177 Å². The van der Waals surface area contributed by atoms with Crippen LogP contribution in [-0.4, -0.2) is 71.3 Å². The Kier molecular flexibility index (Phi) is 24.8. The zero-order chi connectivity index (χ0) is 48.1. The molecule has 354 valence electrons. The molecule has 0 aliphatic heterocycles. The van der Waals surface area contributed by atoms with Crippen LogP contribution in [0.25, 0.3) is 0 Å². The summed E-state index contributed by atoms with van der Waals surface area (Å²) < 4.78 is 71.0. The molecule has 0 unspecified atom stereocenters. The Labute approximate surface area is 376 Å². The summed E-state index contributed by atoms with van der Waals surface area (Å²) in [6.07, 6.45) is -0.638. The molecule has 63 heavy (non-hydrogen) atoms. The Morgan fingerprint density at radius 1 is 0.365 bits per heavy atom. The third-order valence-corrected chi connectivity index (χ3v) is 16.0. The number of esters is 3. The fourth-order valence-corrected chi connectivity index (χ4v) is 9.65. The molecule has 0 amide bonds. The fraction of sp³-hybridized carbons (Fsp3) is 0.533. The van der Waals surface area contributed by atoms with Gasteiger partial charge in [0.15, 0.2) is 0 Å². The standard InChI is InChI=1S/3C15H24NO4P/c3*1-11(2)19-15(17)13(5)16-21(18,12(3)4)20-14-9-7-6-8-10-14/h3*6-13H,1-5H3,(H,16,18)/t2*13-,21+;13-,21-/m000/s1. The van der Waals surface area contributed by atoms with Gasteiger partial charge in [-0.2, -0.15) is 0 Å². The number of ether oxygens (including phenoxy) is 3. The lowest BCUT2D eigenvalue weighted by atomic mass is 10.3. The molecule has 0 saturated carbocycles. The van der Waals surface area contributed by atoms with Crippen LogP contribution in [0.1, 0.15) is 104 Å². The molecule has 3 N–H and O–H groups in total. The van der Waals surface area contributed by atoms with Crippen LogP contribution < -0.4 is 28.8 Å². The molecule has 15 nitrogen and oxygen atoms in total. The van der Waals surface area contributed by atoms with Gasteiger partial charge in [0.25, 0.3) is 0 Å². The van der Waals surface area contributed by atoms with E-state index in [1.807, 2.05) is 18.2 Å². The maximum absolute atomic E-state index is 12.9. The summed E-state index contributed by atoms with van der Waals surface area (Å²) in [7, 11) is -9.65.